The third-order valence-electron chi connectivity index (χ3n) is 3.21. The van der Waals surface area contributed by atoms with Gasteiger partial charge in [-0.25, -0.2) is 0 Å². The first-order chi connectivity index (χ1) is 8.59. The summed E-state index contributed by atoms with van der Waals surface area (Å²) in [5, 5.41) is 3.49. The number of nitrogens with zero attached hydrogens (tertiary/aromatic N) is 1. The van der Waals surface area contributed by atoms with E-state index in [0.29, 0.717) is 6.04 Å². The Bertz CT molecular complexity index is 339. The maximum atomic E-state index is 3.49. The second-order valence-electron chi connectivity index (χ2n) is 5.09. The number of hydrogen-bond donors (Lipinski definition) is 1. The molecule has 2 nitrogen and oxygen atoms in total. The van der Waals surface area contributed by atoms with E-state index in [1.165, 1.54) is 24.9 Å². The van der Waals surface area contributed by atoms with Crippen LogP contribution in [0.1, 0.15) is 32.3 Å². The number of nitrogens with one attached hydrogen (secondary N) is 1. The van der Waals surface area contributed by atoms with Gasteiger partial charge in [0, 0.05) is 17.1 Å². The molecule has 0 saturated heterocycles. The summed E-state index contributed by atoms with van der Waals surface area (Å²) in [6.45, 7) is 7.73. The monoisotopic (exact) mass is 312 g/mol. The molecule has 0 amide bonds. The number of benzene rings is 1. The van der Waals surface area contributed by atoms with Crippen LogP contribution in [0.15, 0.2) is 28.7 Å². The number of hydrogen-bond acceptors (Lipinski definition) is 2. The Labute approximate surface area is 120 Å². The van der Waals surface area contributed by atoms with Crippen molar-refractivity contribution < 1.29 is 0 Å². The average Bonchev–Trinajstić information content (AvgIpc) is 2.33. The van der Waals surface area contributed by atoms with Crippen LogP contribution in [-0.4, -0.2) is 31.1 Å². The molecule has 0 aliphatic heterocycles. The van der Waals surface area contributed by atoms with Gasteiger partial charge >= 0.3 is 0 Å². The highest BCUT2D eigenvalue weighted by atomic mass is 79.9. The van der Waals surface area contributed by atoms with Crippen LogP contribution in [0, 0.1) is 0 Å². The highest BCUT2D eigenvalue weighted by molar-refractivity contribution is 9.10. The van der Waals surface area contributed by atoms with Crippen LogP contribution in [0.2, 0.25) is 0 Å². The molecule has 1 aromatic rings. The summed E-state index contributed by atoms with van der Waals surface area (Å²) in [6, 6.07) is 9.12. The molecule has 0 spiro atoms. The first-order valence-corrected chi connectivity index (χ1v) is 7.54. The molecule has 0 bridgehead atoms. The van der Waals surface area contributed by atoms with Crippen LogP contribution in [0.3, 0.4) is 0 Å². The first kappa shape index (κ1) is 15.7. The van der Waals surface area contributed by atoms with Gasteiger partial charge in [-0.3, -0.25) is 0 Å². The molecule has 0 atom stereocenters. The Morgan fingerprint density at radius 2 is 2.06 bits per heavy atom. The zero-order valence-electron chi connectivity index (χ0n) is 11.7. The van der Waals surface area contributed by atoms with Crippen molar-refractivity contribution in [2.45, 2.75) is 39.3 Å². The van der Waals surface area contributed by atoms with E-state index in [1.54, 1.807) is 0 Å². The lowest BCUT2D eigenvalue weighted by atomic mass is 10.2. The normalized spacial score (nSPS) is 11.4. The van der Waals surface area contributed by atoms with E-state index in [-0.39, 0.29) is 0 Å². The molecule has 18 heavy (non-hydrogen) atoms. The largest absolute Gasteiger partial charge is 0.313 e. The second kappa shape index (κ2) is 8.68. The third kappa shape index (κ3) is 6.53. The number of halogens is 1. The van der Waals surface area contributed by atoms with Crippen LogP contribution >= 0.6 is 15.9 Å². The van der Waals surface area contributed by atoms with E-state index in [1.807, 2.05) is 0 Å². The minimum absolute atomic E-state index is 0.652. The van der Waals surface area contributed by atoms with E-state index < -0.39 is 0 Å². The highest BCUT2D eigenvalue weighted by Gasteiger charge is 2.01. The van der Waals surface area contributed by atoms with Crippen molar-refractivity contribution in [3.63, 3.8) is 0 Å². The Balaban J connectivity index is 2.05. The molecule has 0 unspecified atom stereocenters. The van der Waals surface area contributed by atoms with Crippen molar-refractivity contribution in [2.24, 2.45) is 0 Å². The van der Waals surface area contributed by atoms with Crippen molar-refractivity contribution in [1.29, 1.82) is 0 Å². The number of unbranched alkanes of at least 4 members (excludes halogenated alkanes) is 1. The fourth-order valence-corrected chi connectivity index (χ4v) is 2.20. The Kier molecular flexibility index (Phi) is 7.56. The van der Waals surface area contributed by atoms with Crippen molar-refractivity contribution in [3.8, 4) is 0 Å². The molecule has 3 heteroatoms. The lowest BCUT2D eigenvalue weighted by Crippen LogP contribution is -2.27. The topological polar surface area (TPSA) is 15.3 Å². The lowest BCUT2D eigenvalue weighted by molar-refractivity contribution is 0.268. The van der Waals surface area contributed by atoms with Gasteiger partial charge in [-0.15, -0.1) is 0 Å². The van der Waals surface area contributed by atoms with Gasteiger partial charge in [-0.1, -0.05) is 28.1 Å². The van der Waals surface area contributed by atoms with Gasteiger partial charge in [0.25, 0.3) is 0 Å². The van der Waals surface area contributed by atoms with Crippen molar-refractivity contribution >= 4 is 15.9 Å². The summed E-state index contributed by atoms with van der Waals surface area (Å²) >= 11 is 3.49. The molecule has 0 fully saturated rings. The van der Waals surface area contributed by atoms with Gasteiger partial charge < -0.3 is 10.2 Å². The minimum Gasteiger partial charge on any atom is -0.313 e. The molecule has 1 aromatic carbocycles. The molecule has 0 saturated carbocycles. The predicted molar refractivity (Wildman–Crippen MR) is 82.8 cm³/mol. The summed E-state index contributed by atoms with van der Waals surface area (Å²) in [4.78, 5) is 2.40. The van der Waals surface area contributed by atoms with Crippen molar-refractivity contribution in [2.75, 3.05) is 20.1 Å². The molecule has 0 aromatic heterocycles. The van der Waals surface area contributed by atoms with Crippen LogP contribution < -0.4 is 5.32 Å². The first-order valence-electron chi connectivity index (χ1n) is 6.75. The van der Waals surface area contributed by atoms with Crippen LogP contribution in [0.4, 0.5) is 0 Å². The summed E-state index contributed by atoms with van der Waals surface area (Å²) in [7, 11) is 2.19. The van der Waals surface area contributed by atoms with E-state index in [4.69, 9.17) is 0 Å². The Morgan fingerprint density at radius 3 is 2.72 bits per heavy atom. The van der Waals surface area contributed by atoms with Crippen LogP contribution in [0.25, 0.3) is 0 Å². The molecule has 1 N–H and O–H groups in total. The molecule has 102 valence electrons. The van der Waals surface area contributed by atoms with Crippen LogP contribution in [-0.2, 0) is 6.54 Å². The maximum absolute atomic E-state index is 3.49. The second-order valence-corrected chi connectivity index (χ2v) is 6.00. The average molecular weight is 313 g/mol. The van der Waals surface area contributed by atoms with E-state index in [2.05, 4.69) is 71.3 Å². The summed E-state index contributed by atoms with van der Waals surface area (Å²) < 4.78 is 1.15. The zero-order chi connectivity index (χ0) is 13.4. The quantitative estimate of drug-likeness (QED) is 0.737. The van der Waals surface area contributed by atoms with Gasteiger partial charge in [0.15, 0.2) is 0 Å². The Hall–Kier alpha value is -0.380. The molecule has 0 aliphatic carbocycles. The summed E-state index contributed by atoms with van der Waals surface area (Å²) in [5.41, 5.74) is 1.34. The SMILES string of the molecule is CC(C)N(C)CCCCNCc1cccc(Br)c1. The zero-order valence-corrected chi connectivity index (χ0v) is 13.3. The van der Waals surface area contributed by atoms with Crippen molar-refractivity contribution in [1.82, 2.24) is 10.2 Å². The van der Waals surface area contributed by atoms with Gasteiger partial charge in [-0.05, 0) is 64.5 Å². The third-order valence-corrected chi connectivity index (χ3v) is 3.71. The molecular formula is C15H25BrN2. The van der Waals surface area contributed by atoms with E-state index in [0.717, 1.165) is 17.6 Å². The highest BCUT2D eigenvalue weighted by Crippen LogP contribution is 2.11. The van der Waals surface area contributed by atoms with Crippen molar-refractivity contribution in [3.05, 3.63) is 34.3 Å². The summed E-state index contributed by atoms with van der Waals surface area (Å²) in [5.74, 6) is 0. The smallest absolute Gasteiger partial charge is 0.0205 e. The molecular weight excluding hydrogens is 288 g/mol. The fraction of sp³-hybridized carbons (Fsp3) is 0.600. The van der Waals surface area contributed by atoms with Crippen LogP contribution in [0.5, 0.6) is 0 Å². The molecule has 1 rings (SSSR count). The summed E-state index contributed by atoms with van der Waals surface area (Å²) in [6.07, 6.45) is 2.51. The van der Waals surface area contributed by atoms with Gasteiger partial charge in [0.2, 0.25) is 0 Å². The molecule has 0 heterocycles. The maximum Gasteiger partial charge on any atom is 0.0205 e. The van der Waals surface area contributed by atoms with Gasteiger partial charge in [-0.2, -0.15) is 0 Å². The number of rotatable bonds is 8. The standard InChI is InChI=1S/C15H25BrN2/c1-13(2)18(3)10-5-4-9-17-12-14-7-6-8-15(16)11-14/h6-8,11,13,17H,4-5,9-10,12H2,1-3H3. The minimum atomic E-state index is 0.652. The Morgan fingerprint density at radius 1 is 1.28 bits per heavy atom. The fourth-order valence-electron chi connectivity index (χ4n) is 1.75. The van der Waals surface area contributed by atoms with E-state index >= 15 is 0 Å². The van der Waals surface area contributed by atoms with Gasteiger partial charge in [0.1, 0.15) is 0 Å². The predicted octanol–water partition coefficient (Wildman–Crippen LogP) is 3.66. The van der Waals surface area contributed by atoms with Gasteiger partial charge in [0.05, 0.1) is 0 Å². The van der Waals surface area contributed by atoms with E-state index in [9.17, 15) is 0 Å². The molecule has 0 radical (unpaired) electrons. The molecule has 0 aliphatic rings. The lowest BCUT2D eigenvalue weighted by Gasteiger charge is -2.20.